The normalized spacial score (nSPS) is 18.7. The molecule has 1 atom stereocenters. The molecule has 1 aliphatic heterocycles. The number of piperidine rings is 1. The van der Waals surface area contributed by atoms with Crippen LogP contribution < -0.4 is 4.72 Å². The van der Waals surface area contributed by atoms with E-state index < -0.39 is 10.0 Å². The van der Waals surface area contributed by atoms with Gasteiger partial charge in [-0.3, -0.25) is 14.5 Å². The molecule has 1 aromatic heterocycles. The summed E-state index contributed by atoms with van der Waals surface area (Å²) in [4.78, 5) is 20.1. The van der Waals surface area contributed by atoms with Gasteiger partial charge in [-0.05, 0) is 80.5 Å². The van der Waals surface area contributed by atoms with E-state index in [1.165, 1.54) is 16.7 Å². The van der Waals surface area contributed by atoms with Crippen molar-refractivity contribution in [2.45, 2.75) is 45.6 Å². The van der Waals surface area contributed by atoms with E-state index in [0.29, 0.717) is 17.8 Å². The lowest BCUT2D eigenvalue weighted by molar-refractivity contribution is 0.0653. The van der Waals surface area contributed by atoms with Crippen molar-refractivity contribution in [1.82, 2.24) is 9.88 Å². The Morgan fingerprint density at radius 2 is 1.97 bits per heavy atom. The number of nitrogens with zero attached hydrogens (tertiary/aromatic N) is 2. The van der Waals surface area contributed by atoms with E-state index in [1.54, 1.807) is 24.3 Å². The van der Waals surface area contributed by atoms with Gasteiger partial charge in [-0.1, -0.05) is 12.1 Å². The van der Waals surface area contributed by atoms with Crippen molar-refractivity contribution in [1.29, 1.82) is 0 Å². The Kier molecular flexibility index (Phi) is 5.40. The number of para-hydroxylation sites is 1. The molecule has 7 heteroatoms. The number of aryl methyl sites for hydroxylation is 2. The predicted octanol–water partition coefficient (Wildman–Crippen LogP) is 3.70. The summed E-state index contributed by atoms with van der Waals surface area (Å²) in [7, 11) is -3.48. The Bertz CT molecular complexity index is 1140. The largest absolute Gasteiger partial charge is 0.332 e. The maximum atomic E-state index is 13.5. The fourth-order valence-corrected chi connectivity index (χ4v) is 5.14. The van der Waals surface area contributed by atoms with Gasteiger partial charge in [0.25, 0.3) is 5.91 Å². The number of anilines is 1. The number of carbonyl (C=O) groups excluding carboxylic acids is 1. The Morgan fingerprint density at radius 1 is 1.20 bits per heavy atom. The second-order valence-electron chi connectivity index (χ2n) is 8.27. The number of pyridine rings is 1. The zero-order valence-electron chi connectivity index (χ0n) is 17.6. The lowest BCUT2D eigenvalue weighted by Crippen LogP contribution is -2.45. The molecule has 1 fully saturated rings. The lowest BCUT2D eigenvalue weighted by Gasteiger charge is -2.37. The standard InChI is InChI=1S/C23H27N3O3S/c1-15-12-16(2)24-21-14-17(13-19(15)21)22-10-6-7-11-26(22)23(27)18-8-4-5-9-20(18)25-30(3,28)29/h4-5,8-9,12,14,22,25H,6-7,10-11,13H2,1-3H3/t22-/m0/s1. The summed E-state index contributed by atoms with van der Waals surface area (Å²) in [5, 5.41) is 0. The first-order valence-corrected chi connectivity index (χ1v) is 12.2. The van der Waals surface area contributed by atoms with Crippen LogP contribution in [0.3, 0.4) is 0 Å². The third-order valence-electron chi connectivity index (χ3n) is 5.85. The molecule has 0 bridgehead atoms. The van der Waals surface area contributed by atoms with Gasteiger partial charge in [0.05, 0.1) is 29.2 Å². The van der Waals surface area contributed by atoms with E-state index in [2.05, 4.69) is 28.8 Å². The van der Waals surface area contributed by atoms with Gasteiger partial charge in [-0.2, -0.15) is 0 Å². The molecule has 158 valence electrons. The number of sulfonamides is 1. The van der Waals surface area contributed by atoms with Gasteiger partial charge in [0.2, 0.25) is 10.0 Å². The number of benzene rings is 1. The van der Waals surface area contributed by atoms with Crippen molar-refractivity contribution in [2.24, 2.45) is 0 Å². The quantitative estimate of drug-likeness (QED) is 0.810. The number of aromatic nitrogens is 1. The molecule has 1 N–H and O–H groups in total. The fourth-order valence-electron chi connectivity index (χ4n) is 4.56. The summed E-state index contributed by atoms with van der Waals surface area (Å²) >= 11 is 0. The summed E-state index contributed by atoms with van der Waals surface area (Å²) in [6.07, 6.45) is 6.97. The number of carbonyl (C=O) groups is 1. The minimum atomic E-state index is -3.48. The predicted molar refractivity (Wildman–Crippen MR) is 119 cm³/mol. The Hall–Kier alpha value is -2.67. The van der Waals surface area contributed by atoms with Crippen LogP contribution >= 0.6 is 0 Å². The van der Waals surface area contributed by atoms with Gasteiger partial charge in [-0.15, -0.1) is 0 Å². The number of nitrogens with one attached hydrogen (secondary N) is 1. The molecule has 0 spiro atoms. The molecule has 2 heterocycles. The molecule has 6 nitrogen and oxygen atoms in total. The highest BCUT2D eigenvalue weighted by Crippen LogP contribution is 2.35. The fraction of sp³-hybridized carbons (Fsp3) is 0.391. The highest BCUT2D eigenvalue weighted by molar-refractivity contribution is 7.92. The van der Waals surface area contributed by atoms with Crippen LogP contribution in [-0.2, 0) is 16.4 Å². The van der Waals surface area contributed by atoms with Crippen LogP contribution in [-0.4, -0.2) is 43.1 Å². The first kappa shape index (κ1) is 20.6. The third-order valence-corrected chi connectivity index (χ3v) is 6.45. The molecule has 0 saturated carbocycles. The van der Waals surface area contributed by atoms with Gasteiger partial charge in [-0.25, -0.2) is 8.42 Å². The van der Waals surface area contributed by atoms with Crippen molar-refractivity contribution < 1.29 is 13.2 Å². The Labute approximate surface area is 178 Å². The molecule has 2 aliphatic rings. The van der Waals surface area contributed by atoms with Crippen LogP contribution in [0.25, 0.3) is 6.08 Å². The van der Waals surface area contributed by atoms with Gasteiger partial charge < -0.3 is 4.90 Å². The number of likely N-dealkylation sites (tertiary alicyclic amines) is 1. The Morgan fingerprint density at radius 3 is 2.73 bits per heavy atom. The number of fused-ring (bicyclic) bond motifs is 1. The summed E-state index contributed by atoms with van der Waals surface area (Å²) < 4.78 is 26.0. The van der Waals surface area contributed by atoms with E-state index in [9.17, 15) is 13.2 Å². The average molecular weight is 426 g/mol. The first-order valence-electron chi connectivity index (χ1n) is 10.3. The van der Waals surface area contributed by atoms with E-state index in [1.807, 2.05) is 11.8 Å². The zero-order chi connectivity index (χ0) is 21.5. The second-order valence-corrected chi connectivity index (χ2v) is 10.0. The highest BCUT2D eigenvalue weighted by atomic mass is 32.2. The molecular weight excluding hydrogens is 398 g/mol. The topological polar surface area (TPSA) is 79.4 Å². The highest BCUT2D eigenvalue weighted by Gasteiger charge is 2.33. The maximum absolute atomic E-state index is 13.5. The van der Waals surface area contributed by atoms with Crippen LogP contribution in [0.4, 0.5) is 5.69 Å². The summed E-state index contributed by atoms with van der Waals surface area (Å²) in [5.41, 5.74) is 6.42. The van der Waals surface area contributed by atoms with E-state index in [-0.39, 0.29) is 11.9 Å². The monoisotopic (exact) mass is 425 g/mol. The number of hydrogen-bond donors (Lipinski definition) is 1. The molecule has 2 aromatic rings. The molecule has 1 amide bonds. The smallest absolute Gasteiger partial charge is 0.256 e. The molecule has 30 heavy (non-hydrogen) atoms. The van der Waals surface area contributed by atoms with Crippen LogP contribution in [0.2, 0.25) is 0 Å². The molecular formula is C23H27N3O3S. The molecule has 0 unspecified atom stereocenters. The summed E-state index contributed by atoms with van der Waals surface area (Å²) in [5.74, 6) is -0.135. The van der Waals surface area contributed by atoms with Crippen LogP contribution in [0.1, 0.15) is 52.1 Å². The van der Waals surface area contributed by atoms with Gasteiger partial charge in [0.15, 0.2) is 0 Å². The maximum Gasteiger partial charge on any atom is 0.256 e. The van der Waals surface area contributed by atoms with E-state index in [4.69, 9.17) is 0 Å². The number of hydrogen-bond acceptors (Lipinski definition) is 4. The van der Waals surface area contributed by atoms with Crippen LogP contribution in [0.5, 0.6) is 0 Å². The van der Waals surface area contributed by atoms with Crippen LogP contribution in [0.15, 0.2) is 35.9 Å². The average Bonchev–Trinajstić information content (AvgIpc) is 3.11. The van der Waals surface area contributed by atoms with Crippen molar-refractivity contribution in [3.8, 4) is 0 Å². The zero-order valence-corrected chi connectivity index (χ0v) is 18.4. The first-order chi connectivity index (χ1) is 14.2. The number of rotatable bonds is 4. The van der Waals surface area contributed by atoms with Gasteiger partial charge >= 0.3 is 0 Å². The van der Waals surface area contributed by atoms with Gasteiger partial charge in [0, 0.05) is 12.2 Å². The molecule has 1 aromatic carbocycles. The SMILES string of the molecule is Cc1cc(C)c2c(n1)C=C([C@@H]1CCCCN1C(=O)c1ccccc1NS(C)(=O)=O)C2. The minimum Gasteiger partial charge on any atom is -0.332 e. The van der Waals surface area contributed by atoms with Crippen molar-refractivity contribution in [3.63, 3.8) is 0 Å². The second kappa shape index (κ2) is 7.87. The van der Waals surface area contributed by atoms with Crippen LogP contribution in [0, 0.1) is 13.8 Å². The molecule has 1 aliphatic carbocycles. The minimum absolute atomic E-state index is 0.00597. The van der Waals surface area contributed by atoms with Crippen molar-refractivity contribution in [2.75, 3.05) is 17.5 Å². The Balaban J connectivity index is 1.65. The third kappa shape index (κ3) is 4.12. The summed E-state index contributed by atoms with van der Waals surface area (Å²) in [6.45, 7) is 4.78. The van der Waals surface area contributed by atoms with E-state index in [0.717, 1.165) is 43.3 Å². The lowest BCUT2D eigenvalue weighted by atomic mass is 9.92. The van der Waals surface area contributed by atoms with Crippen molar-refractivity contribution in [3.05, 3.63) is 64.0 Å². The molecule has 1 saturated heterocycles. The summed E-state index contributed by atoms with van der Waals surface area (Å²) in [6, 6.07) is 8.92. The molecule has 0 radical (unpaired) electrons. The van der Waals surface area contributed by atoms with E-state index >= 15 is 0 Å². The number of amides is 1. The van der Waals surface area contributed by atoms with Crippen molar-refractivity contribution >= 4 is 27.7 Å². The van der Waals surface area contributed by atoms with Gasteiger partial charge in [0.1, 0.15) is 0 Å². The molecule has 4 rings (SSSR count).